The molecule has 1 rings (SSSR count). The Morgan fingerprint density at radius 1 is 1.38 bits per heavy atom. The predicted octanol–water partition coefficient (Wildman–Crippen LogP) is -1.35. The summed E-state index contributed by atoms with van der Waals surface area (Å²) in [5.41, 5.74) is 5.60. The van der Waals surface area contributed by atoms with Crippen molar-refractivity contribution in [3.8, 4) is 0 Å². The van der Waals surface area contributed by atoms with Gasteiger partial charge < -0.3 is 0 Å². The van der Waals surface area contributed by atoms with E-state index in [0.29, 0.717) is 5.69 Å². The molecule has 5 N–H and O–H groups in total. The first kappa shape index (κ1) is 10.1. The summed E-state index contributed by atoms with van der Waals surface area (Å²) in [6.45, 7) is 0. The summed E-state index contributed by atoms with van der Waals surface area (Å²) in [6, 6.07) is 3.95. The van der Waals surface area contributed by atoms with Crippen LogP contribution in [0.2, 0.25) is 0 Å². The Morgan fingerprint density at radius 2 is 2.00 bits per heavy atom. The molecule has 0 aliphatic carbocycles. The van der Waals surface area contributed by atoms with Gasteiger partial charge in [0.15, 0.2) is 0 Å². The number of rotatable bonds is 2. The maximum atomic E-state index is 10.6. The van der Waals surface area contributed by atoms with Crippen LogP contribution in [0.5, 0.6) is 0 Å². The Morgan fingerprint density at radius 3 is 2.46 bits per heavy atom. The molecule has 0 heterocycles. The summed E-state index contributed by atoms with van der Waals surface area (Å²) in [5, 5.41) is 8.67. The Bertz CT molecular complexity index is 339. The zero-order valence-corrected chi connectivity index (χ0v) is 8.38. The molecular weight excluding hydrogens is 237 g/mol. The normalized spacial score (nSPS) is 10.4. The second-order valence-corrected chi connectivity index (χ2v) is 4.60. The average Bonchev–Trinajstić information content (AvgIpc) is 2.03. The van der Waals surface area contributed by atoms with E-state index in [9.17, 15) is 4.79 Å². The molecule has 0 aromatic heterocycles. The van der Waals surface area contributed by atoms with Crippen molar-refractivity contribution in [3.05, 3.63) is 23.8 Å². The fourth-order valence-corrected chi connectivity index (χ4v) is 2.26. The number of nitrogens with two attached hydrogens (primary N) is 1. The van der Waals surface area contributed by atoms with Crippen LogP contribution in [-0.4, -0.2) is 34.6 Å². The fraction of sp³-hybridized carbons (Fsp3) is 0. The van der Waals surface area contributed by atoms with Gasteiger partial charge in [-0.2, -0.15) is 0 Å². The van der Waals surface area contributed by atoms with Crippen LogP contribution in [0.25, 0.3) is 0 Å². The molecule has 0 bridgehead atoms. The number of carboxylic acids is 1. The molecule has 0 saturated heterocycles. The number of anilines is 1. The second kappa shape index (κ2) is 3.79. The van der Waals surface area contributed by atoms with E-state index in [4.69, 9.17) is 19.0 Å². The van der Waals surface area contributed by atoms with Crippen molar-refractivity contribution in [2.75, 3.05) is 5.73 Å². The molecule has 0 amide bonds. The Balaban J connectivity index is 3.26. The number of hydrogen-bond donors (Lipinski definition) is 4. The van der Waals surface area contributed by atoms with Crippen molar-refractivity contribution < 1.29 is 18.1 Å². The molecule has 0 aliphatic rings. The standard InChI is InChI=1S/C7H8AsNO4/c9-4-1-2-5(7(10)11)6(3-4)8(12)13/h1-3,12-13H,9H2,(H,10,11). The summed E-state index contributed by atoms with van der Waals surface area (Å²) in [6.07, 6.45) is 0. The zero-order chi connectivity index (χ0) is 10.0. The molecular formula is C7H8AsNO4. The van der Waals surface area contributed by atoms with Gasteiger partial charge in [0.05, 0.1) is 0 Å². The zero-order valence-electron chi connectivity index (χ0n) is 6.51. The van der Waals surface area contributed by atoms with E-state index >= 15 is 0 Å². The van der Waals surface area contributed by atoms with E-state index in [1.54, 1.807) is 0 Å². The minimum absolute atomic E-state index is 0.0417. The number of carbonyl (C=O) groups is 1. The Labute approximate surface area is 79.4 Å². The number of hydrogen-bond acceptors (Lipinski definition) is 4. The molecule has 0 fully saturated rings. The molecule has 1 aromatic rings. The molecule has 0 saturated carbocycles. The number of nitrogen functional groups attached to an aromatic ring is 1. The number of carboxylic acid groups (broad SMARTS) is 1. The van der Waals surface area contributed by atoms with Crippen LogP contribution in [0.15, 0.2) is 18.2 Å². The first-order valence-electron chi connectivity index (χ1n) is 3.33. The van der Waals surface area contributed by atoms with Crippen LogP contribution < -0.4 is 10.1 Å². The molecule has 0 unspecified atom stereocenters. The van der Waals surface area contributed by atoms with Gasteiger partial charge in [0, 0.05) is 0 Å². The first-order chi connectivity index (χ1) is 6.02. The summed E-state index contributed by atoms with van der Waals surface area (Å²) in [7, 11) is 0. The first-order valence-corrected chi connectivity index (χ1v) is 5.94. The SMILES string of the molecule is Nc1ccc(C(=O)O)c([As](O)O)c1. The molecule has 70 valence electrons. The van der Waals surface area contributed by atoms with E-state index in [0.717, 1.165) is 0 Å². The Kier molecular flexibility index (Phi) is 2.93. The van der Waals surface area contributed by atoms with Crippen molar-refractivity contribution in [1.82, 2.24) is 0 Å². The van der Waals surface area contributed by atoms with Gasteiger partial charge in [-0.15, -0.1) is 0 Å². The van der Waals surface area contributed by atoms with Crippen molar-refractivity contribution in [1.29, 1.82) is 0 Å². The van der Waals surface area contributed by atoms with E-state index in [-0.39, 0.29) is 9.91 Å². The summed E-state index contributed by atoms with van der Waals surface area (Å²) in [5.74, 6) is -1.18. The maximum absolute atomic E-state index is 10.6. The molecule has 13 heavy (non-hydrogen) atoms. The van der Waals surface area contributed by atoms with Crippen molar-refractivity contribution >= 4 is 31.3 Å². The van der Waals surface area contributed by atoms with E-state index in [1.807, 2.05) is 0 Å². The monoisotopic (exact) mass is 245 g/mol. The minimum atomic E-state index is -3.18. The quantitative estimate of drug-likeness (QED) is 0.381. The number of aromatic carboxylic acids is 1. The summed E-state index contributed by atoms with van der Waals surface area (Å²) in [4.78, 5) is 10.6. The van der Waals surface area contributed by atoms with Crippen LogP contribution >= 0.6 is 0 Å². The van der Waals surface area contributed by atoms with Crippen LogP contribution in [0, 0.1) is 0 Å². The van der Waals surface area contributed by atoms with Gasteiger partial charge in [0.2, 0.25) is 0 Å². The fourth-order valence-electron chi connectivity index (χ4n) is 0.895. The van der Waals surface area contributed by atoms with Crippen molar-refractivity contribution in [2.45, 2.75) is 0 Å². The van der Waals surface area contributed by atoms with Gasteiger partial charge in [-0.25, -0.2) is 0 Å². The van der Waals surface area contributed by atoms with Crippen LogP contribution in [0.3, 0.4) is 0 Å². The van der Waals surface area contributed by atoms with Crippen LogP contribution in [0.1, 0.15) is 10.4 Å². The summed E-state index contributed by atoms with van der Waals surface area (Å²) < 4.78 is 18.0. The summed E-state index contributed by atoms with van der Waals surface area (Å²) >= 11 is -3.18. The van der Waals surface area contributed by atoms with E-state index in [1.165, 1.54) is 18.2 Å². The third-order valence-electron chi connectivity index (χ3n) is 1.47. The average molecular weight is 245 g/mol. The predicted molar refractivity (Wildman–Crippen MR) is 47.6 cm³/mol. The molecule has 1 aromatic carbocycles. The van der Waals surface area contributed by atoms with E-state index < -0.39 is 21.3 Å². The van der Waals surface area contributed by atoms with Gasteiger partial charge in [0.1, 0.15) is 0 Å². The van der Waals surface area contributed by atoms with Gasteiger partial charge in [0.25, 0.3) is 0 Å². The molecule has 0 aliphatic heterocycles. The molecule has 0 spiro atoms. The number of benzene rings is 1. The molecule has 5 nitrogen and oxygen atoms in total. The van der Waals surface area contributed by atoms with Crippen molar-refractivity contribution in [2.24, 2.45) is 0 Å². The van der Waals surface area contributed by atoms with E-state index in [2.05, 4.69) is 0 Å². The van der Waals surface area contributed by atoms with Gasteiger partial charge >= 0.3 is 78.9 Å². The van der Waals surface area contributed by atoms with Crippen LogP contribution in [-0.2, 0) is 0 Å². The second-order valence-electron chi connectivity index (χ2n) is 2.37. The molecule has 0 atom stereocenters. The Hall–Kier alpha value is -1.03. The van der Waals surface area contributed by atoms with Gasteiger partial charge in [-0.1, -0.05) is 0 Å². The molecule has 0 radical (unpaired) electrons. The third kappa shape index (κ3) is 2.21. The topological polar surface area (TPSA) is 104 Å². The molecule has 6 heteroatoms. The third-order valence-corrected chi connectivity index (χ3v) is 3.15. The van der Waals surface area contributed by atoms with Gasteiger partial charge in [-0.05, 0) is 0 Å². The van der Waals surface area contributed by atoms with Crippen LogP contribution in [0.4, 0.5) is 5.69 Å². The van der Waals surface area contributed by atoms with Gasteiger partial charge in [-0.3, -0.25) is 0 Å². The van der Waals surface area contributed by atoms with Crippen molar-refractivity contribution in [3.63, 3.8) is 0 Å².